The van der Waals surface area contributed by atoms with Crippen molar-refractivity contribution < 1.29 is 4.74 Å². The number of methoxy groups -OCH3 is 1. The minimum atomic E-state index is 0.452. The molecule has 0 aliphatic carbocycles. The molecule has 0 aliphatic rings. The average molecular weight is 269 g/mol. The van der Waals surface area contributed by atoms with Gasteiger partial charge < -0.3 is 16.2 Å². The fraction of sp³-hybridized carbons (Fsp3) is 0.143. The Morgan fingerprint density at radius 2 is 2.00 bits per heavy atom. The molecule has 6 nitrogen and oxygen atoms in total. The van der Waals surface area contributed by atoms with Crippen LogP contribution in [0.25, 0.3) is 16.6 Å². The fourth-order valence-electron chi connectivity index (χ4n) is 2.22. The molecular weight excluding hydrogens is 254 g/mol. The zero-order valence-corrected chi connectivity index (χ0v) is 11.3. The molecule has 0 atom stereocenters. The lowest BCUT2D eigenvalue weighted by Gasteiger charge is -2.10. The number of aryl methyl sites for hydroxylation is 1. The molecule has 0 saturated heterocycles. The number of hydrogen-bond acceptors (Lipinski definition) is 5. The predicted octanol–water partition coefficient (Wildman–Crippen LogP) is 1.90. The first kappa shape index (κ1) is 12.3. The largest absolute Gasteiger partial charge is 0.494 e. The molecule has 3 rings (SSSR count). The van der Waals surface area contributed by atoms with E-state index in [0.717, 1.165) is 22.3 Å². The summed E-state index contributed by atoms with van der Waals surface area (Å²) in [6.07, 6.45) is 1.73. The third-order valence-electron chi connectivity index (χ3n) is 3.20. The SMILES string of the molecule is COc1cc(N)ccc1-n1nc(C)c2cnc(N)cc21. The van der Waals surface area contributed by atoms with Crippen LogP contribution in [0, 0.1) is 6.92 Å². The van der Waals surface area contributed by atoms with Crippen molar-refractivity contribution in [2.75, 3.05) is 18.6 Å². The summed E-state index contributed by atoms with van der Waals surface area (Å²) in [6.45, 7) is 1.93. The fourth-order valence-corrected chi connectivity index (χ4v) is 2.22. The van der Waals surface area contributed by atoms with Gasteiger partial charge in [0, 0.05) is 29.4 Å². The minimum Gasteiger partial charge on any atom is -0.494 e. The zero-order chi connectivity index (χ0) is 14.3. The summed E-state index contributed by atoms with van der Waals surface area (Å²) in [5.74, 6) is 1.11. The number of aromatic nitrogens is 3. The number of fused-ring (bicyclic) bond motifs is 1. The molecule has 0 aliphatic heterocycles. The van der Waals surface area contributed by atoms with Gasteiger partial charge >= 0.3 is 0 Å². The zero-order valence-electron chi connectivity index (χ0n) is 11.3. The topological polar surface area (TPSA) is 92.0 Å². The number of hydrogen-bond donors (Lipinski definition) is 2. The summed E-state index contributed by atoms with van der Waals surface area (Å²) in [5, 5.41) is 5.50. The summed E-state index contributed by atoms with van der Waals surface area (Å²) in [5.41, 5.74) is 14.8. The lowest BCUT2D eigenvalue weighted by molar-refractivity contribution is 0.412. The normalized spacial score (nSPS) is 10.9. The van der Waals surface area contributed by atoms with E-state index in [9.17, 15) is 0 Å². The molecule has 102 valence electrons. The van der Waals surface area contributed by atoms with E-state index < -0.39 is 0 Å². The van der Waals surface area contributed by atoms with Gasteiger partial charge in [-0.1, -0.05) is 0 Å². The quantitative estimate of drug-likeness (QED) is 0.693. The van der Waals surface area contributed by atoms with Crippen LogP contribution in [-0.4, -0.2) is 21.9 Å². The van der Waals surface area contributed by atoms with Crippen molar-refractivity contribution in [2.24, 2.45) is 0 Å². The Hall–Kier alpha value is -2.76. The average Bonchev–Trinajstić information content (AvgIpc) is 2.75. The standard InChI is InChI=1S/C14H15N5O/c1-8-10-7-17-14(16)6-12(10)19(18-8)11-4-3-9(15)5-13(11)20-2/h3-7H,15H2,1-2H3,(H2,16,17). The lowest BCUT2D eigenvalue weighted by atomic mass is 10.2. The van der Waals surface area contributed by atoms with Crippen molar-refractivity contribution in [3.63, 3.8) is 0 Å². The van der Waals surface area contributed by atoms with Crippen LogP contribution in [0.5, 0.6) is 5.75 Å². The maximum atomic E-state index is 5.78. The van der Waals surface area contributed by atoms with Crippen molar-refractivity contribution >= 4 is 22.4 Å². The van der Waals surface area contributed by atoms with Gasteiger partial charge in [-0.2, -0.15) is 5.10 Å². The van der Waals surface area contributed by atoms with Crippen LogP contribution in [0.1, 0.15) is 5.69 Å². The van der Waals surface area contributed by atoms with E-state index in [1.807, 2.05) is 19.1 Å². The first-order valence-corrected chi connectivity index (χ1v) is 6.15. The second-order valence-electron chi connectivity index (χ2n) is 4.55. The predicted molar refractivity (Wildman–Crippen MR) is 79.0 cm³/mol. The maximum Gasteiger partial charge on any atom is 0.146 e. The number of nitrogens with zero attached hydrogens (tertiary/aromatic N) is 3. The van der Waals surface area contributed by atoms with E-state index in [1.165, 1.54) is 0 Å². The maximum absolute atomic E-state index is 5.78. The Morgan fingerprint density at radius 3 is 2.75 bits per heavy atom. The van der Waals surface area contributed by atoms with Gasteiger partial charge in [-0.25, -0.2) is 9.67 Å². The highest BCUT2D eigenvalue weighted by atomic mass is 16.5. The number of ether oxygens (including phenoxy) is 1. The van der Waals surface area contributed by atoms with Crippen molar-refractivity contribution in [1.29, 1.82) is 0 Å². The summed E-state index contributed by atoms with van der Waals surface area (Å²) in [4.78, 5) is 4.11. The van der Waals surface area contributed by atoms with E-state index in [1.54, 1.807) is 30.1 Å². The number of rotatable bonds is 2. The molecule has 0 unspecified atom stereocenters. The van der Waals surface area contributed by atoms with E-state index in [-0.39, 0.29) is 0 Å². The Labute approximate surface area is 116 Å². The smallest absolute Gasteiger partial charge is 0.146 e. The number of anilines is 2. The molecule has 2 aromatic heterocycles. The summed E-state index contributed by atoms with van der Waals surface area (Å²) < 4.78 is 7.17. The second kappa shape index (κ2) is 4.41. The molecule has 0 bridgehead atoms. The molecule has 20 heavy (non-hydrogen) atoms. The van der Waals surface area contributed by atoms with Gasteiger partial charge in [0.2, 0.25) is 0 Å². The molecule has 0 spiro atoms. The van der Waals surface area contributed by atoms with Crippen LogP contribution in [-0.2, 0) is 0 Å². The Kier molecular flexibility index (Phi) is 2.71. The van der Waals surface area contributed by atoms with Crippen molar-refractivity contribution in [3.05, 3.63) is 36.2 Å². The van der Waals surface area contributed by atoms with Crippen LogP contribution < -0.4 is 16.2 Å². The van der Waals surface area contributed by atoms with Gasteiger partial charge in [0.15, 0.2) is 0 Å². The first-order chi connectivity index (χ1) is 9.60. The molecule has 4 N–H and O–H groups in total. The van der Waals surface area contributed by atoms with Crippen LogP contribution >= 0.6 is 0 Å². The van der Waals surface area contributed by atoms with Gasteiger partial charge in [-0.05, 0) is 19.1 Å². The third-order valence-corrected chi connectivity index (χ3v) is 3.20. The number of benzene rings is 1. The number of nitrogens with two attached hydrogens (primary N) is 2. The highest BCUT2D eigenvalue weighted by molar-refractivity contribution is 5.84. The highest BCUT2D eigenvalue weighted by Gasteiger charge is 2.13. The molecule has 2 heterocycles. The van der Waals surface area contributed by atoms with Gasteiger partial charge in [0.1, 0.15) is 17.3 Å². The van der Waals surface area contributed by atoms with Gasteiger partial charge in [-0.3, -0.25) is 0 Å². The molecule has 0 saturated carbocycles. The molecule has 1 aromatic carbocycles. The summed E-state index contributed by atoms with van der Waals surface area (Å²) in [7, 11) is 1.60. The highest BCUT2D eigenvalue weighted by Crippen LogP contribution is 2.29. The molecule has 0 fully saturated rings. The minimum absolute atomic E-state index is 0.452. The van der Waals surface area contributed by atoms with Crippen LogP contribution in [0.2, 0.25) is 0 Å². The Morgan fingerprint density at radius 1 is 1.20 bits per heavy atom. The molecule has 3 aromatic rings. The molecule has 0 radical (unpaired) electrons. The van der Waals surface area contributed by atoms with Crippen LogP contribution in [0.15, 0.2) is 30.5 Å². The third kappa shape index (κ3) is 1.82. The van der Waals surface area contributed by atoms with Crippen molar-refractivity contribution in [1.82, 2.24) is 14.8 Å². The van der Waals surface area contributed by atoms with E-state index in [4.69, 9.17) is 16.2 Å². The second-order valence-corrected chi connectivity index (χ2v) is 4.55. The van der Waals surface area contributed by atoms with E-state index in [2.05, 4.69) is 10.1 Å². The Bertz CT molecular complexity index is 794. The number of pyridine rings is 1. The monoisotopic (exact) mass is 269 g/mol. The molecular formula is C14H15N5O. The summed E-state index contributed by atoms with van der Waals surface area (Å²) >= 11 is 0. The van der Waals surface area contributed by atoms with E-state index in [0.29, 0.717) is 17.3 Å². The van der Waals surface area contributed by atoms with Gasteiger partial charge in [-0.15, -0.1) is 0 Å². The number of nitrogen functional groups attached to an aromatic ring is 2. The van der Waals surface area contributed by atoms with Crippen molar-refractivity contribution in [2.45, 2.75) is 6.92 Å². The molecule has 6 heteroatoms. The Balaban J connectivity index is 2.32. The first-order valence-electron chi connectivity index (χ1n) is 6.15. The van der Waals surface area contributed by atoms with Crippen LogP contribution in [0.3, 0.4) is 0 Å². The summed E-state index contributed by atoms with van der Waals surface area (Å²) in [6, 6.07) is 7.25. The van der Waals surface area contributed by atoms with Crippen molar-refractivity contribution in [3.8, 4) is 11.4 Å². The van der Waals surface area contributed by atoms with Gasteiger partial charge in [0.25, 0.3) is 0 Å². The lowest BCUT2D eigenvalue weighted by Crippen LogP contribution is -2.01. The molecule has 0 amide bonds. The van der Waals surface area contributed by atoms with Crippen LogP contribution in [0.4, 0.5) is 11.5 Å². The van der Waals surface area contributed by atoms with E-state index >= 15 is 0 Å². The van der Waals surface area contributed by atoms with Gasteiger partial charge in [0.05, 0.1) is 18.3 Å².